The van der Waals surface area contributed by atoms with Crippen LogP contribution < -0.4 is 10.6 Å². The van der Waals surface area contributed by atoms with E-state index in [9.17, 15) is 9.90 Å². The number of rotatable bonds is 7. The molecule has 0 aliphatic carbocycles. The number of anilines is 2. The summed E-state index contributed by atoms with van der Waals surface area (Å²) in [6, 6.07) is 7.84. The zero-order chi connectivity index (χ0) is 27.6. The van der Waals surface area contributed by atoms with Crippen LogP contribution in [-0.4, -0.2) is 70.8 Å². The Labute approximate surface area is 226 Å². The molecule has 204 valence electrons. The first-order valence-corrected chi connectivity index (χ1v) is 13.0. The molecule has 12 heteroatoms. The predicted molar refractivity (Wildman–Crippen MR) is 146 cm³/mol. The second-order valence-electron chi connectivity index (χ2n) is 10.7. The van der Waals surface area contributed by atoms with Gasteiger partial charge in [-0.3, -0.25) is 14.8 Å². The number of hydrogen-bond donors (Lipinski definition) is 4. The van der Waals surface area contributed by atoms with E-state index in [0.29, 0.717) is 25.5 Å². The molecule has 0 bridgehead atoms. The van der Waals surface area contributed by atoms with Crippen LogP contribution in [0.25, 0.3) is 11.3 Å². The van der Waals surface area contributed by atoms with Crippen LogP contribution in [0.5, 0.6) is 0 Å². The zero-order valence-corrected chi connectivity index (χ0v) is 22.6. The fourth-order valence-corrected chi connectivity index (χ4v) is 4.62. The molecule has 1 amide bonds. The number of aryl methyl sites for hydroxylation is 1. The van der Waals surface area contributed by atoms with Crippen LogP contribution in [0.2, 0.25) is 0 Å². The van der Waals surface area contributed by atoms with E-state index in [0.717, 1.165) is 40.3 Å². The van der Waals surface area contributed by atoms with Gasteiger partial charge in [0.2, 0.25) is 5.95 Å². The fourth-order valence-electron chi connectivity index (χ4n) is 4.62. The van der Waals surface area contributed by atoms with Crippen LogP contribution >= 0.6 is 0 Å². The van der Waals surface area contributed by atoms with Gasteiger partial charge in [0, 0.05) is 31.4 Å². The lowest BCUT2D eigenvalue weighted by Gasteiger charge is -2.19. The van der Waals surface area contributed by atoms with E-state index in [2.05, 4.69) is 53.2 Å². The molecule has 12 nitrogen and oxygen atoms in total. The molecule has 39 heavy (non-hydrogen) atoms. The minimum atomic E-state index is -0.268. The summed E-state index contributed by atoms with van der Waals surface area (Å²) in [6.07, 6.45) is 5.80. The van der Waals surface area contributed by atoms with E-state index in [1.807, 2.05) is 39.8 Å². The van der Waals surface area contributed by atoms with Crippen molar-refractivity contribution in [2.75, 3.05) is 25.0 Å². The van der Waals surface area contributed by atoms with Crippen LogP contribution in [0.1, 0.15) is 60.5 Å². The van der Waals surface area contributed by atoms with Crippen molar-refractivity contribution in [3.63, 3.8) is 0 Å². The third-order valence-corrected chi connectivity index (χ3v) is 6.81. The lowest BCUT2D eigenvalue weighted by Crippen LogP contribution is -2.31. The second kappa shape index (κ2) is 10.9. The van der Waals surface area contributed by atoms with Gasteiger partial charge in [-0.05, 0) is 57.4 Å². The van der Waals surface area contributed by atoms with Crippen molar-refractivity contribution in [2.24, 2.45) is 0 Å². The normalized spacial score (nSPS) is 16.0. The molecule has 1 aliphatic rings. The van der Waals surface area contributed by atoms with Gasteiger partial charge in [0.25, 0.3) is 5.91 Å². The standard InChI is InChI=1S/C27H34N10O2/c1-17-23(14-29-33-17)32-26-28-9-7-21(31-26)18-5-6-20-19(13-18)15-36(11-12-38)10-8-22(20)30-25(39)24-16-37(35-34-24)27(2,3)4/h5-7,9,13-14,16,22,38H,8,10-12,15H2,1-4H3,(H,29,33)(H,30,39)(H,28,31,32)/t22-/m1/s1. The molecule has 0 spiro atoms. The summed E-state index contributed by atoms with van der Waals surface area (Å²) in [5, 5.41) is 31.1. The van der Waals surface area contributed by atoms with Crippen LogP contribution in [0.4, 0.5) is 11.6 Å². The van der Waals surface area contributed by atoms with Crippen molar-refractivity contribution in [3.8, 4) is 11.3 Å². The van der Waals surface area contributed by atoms with Crippen molar-refractivity contribution in [2.45, 2.75) is 52.2 Å². The van der Waals surface area contributed by atoms with E-state index in [-0.39, 0.29) is 29.8 Å². The Morgan fingerprint density at radius 3 is 2.82 bits per heavy atom. The summed E-state index contributed by atoms with van der Waals surface area (Å²) in [5.74, 6) is 0.212. The number of hydrogen-bond acceptors (Lipinski definition) is 9. The van der Waals surface area contributed by atoms with Gasteiger partial charge in [0.1, 0.15) is 0 Å². The number of aromatic nitrogens is 7. The monoisotopic (exact) mass is 530 g/mol. The molecule has 4 N–H and O–H groups in total. The molecule has 4 aromatic rings. The molecule has 1 atom stereocenters. The third kappa shape index (κ3) is 5.96. The summed E-state index contributed by atoms with van der Waals surface area (Å²) in [6.45, 7) is 9.95. The molecule has 1 aliphatic heterocycles. The number of aliphatic hydroxyl groups excluding tert-OH is 1. The van der Waals surface area contributed by atoms with Gasteiger partial charge < -0.3 is 15.7 Å². The highest BCUT2D eigenvalue weighted by Crippen LogP contribution is 2.31. The number of nitrogens with zero attached hydrogens (tertiary/aromatic N) is 7. The van der Waals surface area contributed by atoms with Crippen molar-refractivity contribution in [3.05, 3.63) is 65.4 Å². The van der Waals surface area contributed by atoms with E-state index < -0.39 is 0 Å². The Balaban J connectivity index is 1.42. The first-order chi connectivity index (χ1) is 18.7. The number of aromatic amines is 1. The summed E-state index contributed by atoms with van der Waals surface area (Å²) in [7, 11) is 0. The molecule has 3 aromatic heterocycles. The largest absolute Gasteiger partial charge is 0.395 e. The summed E-state index contributed by atoms with van der Waals surface area (Å²) in [5.41, 5.74) is 5.55. The number of β-amino-alcohol motifs (C(OH)–C–C–N with tert-alkyl or cyclic N) is 1. The van der Waals surface area contributed by atoms with Gasteiger partial charge in [-0.1, -0.05) is 17.3 Å². The molecule has 0 fully saturated rings. The third-order valence-electron chi connectivity index (χ3n) is 6.81. The van der Waals surface area contributed by atoms with Gasteiger partial charge in [0.15, 0.2) is 5.69 Å². The Hall–Kier alpha value is -4.16. The average Bonchev–Trinajstić information content (AvgIpc) is 3.53. The van der Waals surface area contributed by atoms with Gasteiger partial charge in [-0.15, -0.1) is 5.10 Å². The number of nitrogens with one attached hydrogen (secondary N) is 3. The molecule has 4 heterocycles. The molecular formula is C27H34N10O2. The summed E-state index contributed by atoms with van der Waals surface area (Å²) in [4.78, 5) is 24.4. The Morgan fingerprint density at radius 2 is 2.10 bits per heavy atom. The van der Waals surface area contributed by atoms with Crippen LogP contribution in [0.15, 0.2) is 42.9 Å². The van der Waals surface area contributed by atoms with E-state index in [4.69, 9.17) is 4.98 Å². The molecule has 0 saturated carbocycles. The van der Waals surface area contributed by atoms with Gasteiger partial charge in [-0.2, -0.15) is 5.10 Å². The minimum absolute atomic E-state index is 0.0658. The fraction of sp³-hybridized carbons (Fsp3) is 0.407. The van der Waals surface area contributed by atoms with Gasteiger partial charge >= 0.3 is 0 Å². The zero-order valence-electron chi connectivity index (χ0n) is 22.6. The highest BCUT2D eigenvalue weighted by atomic mass is 16.3. The van der Waals surface area contributed by atoms with E-state index in [1.165, 1.54) is 0 Å². The van der Waals surface area contributed by atoms with Crippen molar-refractivity contribution >= 4 is 17.5 Å². The average molecular weight is 531 g/mol. The van der Waals surface area contributed by atoms with Crippen molar-refractivity contribution in [1.29, 1.82) is 0 Å². The summed E-state index contributed by atoms with van der Waals surface area (Å²) < 4.78 is 1.69. The van der Waals surface area contributed by atoms with E-state index >= 15 is 0 Å². The number of H-pyrrole nitrogens is 1. The number of carbonyl (C=O) groups excluding carboxylic acids is 1. The molecule has 1 aromatic carbocycles. The predicted octanol–water partition coefficient (Wildman–Crippen LogP) is 2.93. The lowest BCUT2D eigenvalue weighted by atomic mass is 9.96. The SMILES string of the molecule is Cc1[nH]ncc1Nc1nccc(-c2ccc3c(c2)CN(CCO)CC[C@H]3NC(=O)c2cn(C(C)(C)C)nn2)n1. The van der Waals surface area contributed by atoms with Crippen LogP contribution in [-0.2, 0) is 12.1 Å². The molecule has 5 rings (SSSR count). The minimum Gasteiger partial charge on any atom is -0.395 e. The Bertz CT molecular complexity index is 1450. The first kappa shape index (κ1) is 26.4. The molecular weight excluding hydrogens is 496 g/mol. The number of carbonyl (C=O) groups is 1. The first-order valence-electron chi connectivity index (χ1n) is 13.0. The maximum Gasteiger partial charge on any atom is 0.273 e. The Kier molecular flexibility index (Phi) is 7.40. The summed E-state index contributed by atoms with van der Waals surface area (Å²) >= 11 is 0. The second-order valence-corrected chi connectivity index (χ2v) is 10.7. The van der Waals surface area contributed by atoms with Gasteiger partial charge in [-0.25, -0.2) is 14.6 Å². The van der Waals surface area contributed by atoms with E-state index in [1.54, 1.807) is 23.3 Å². The van der Waals surface area contributed by atoms with Crippen LogP contribution in [0.3, 0.4) is 0 Å². The number of fused-ring (bicyclic) bond motifs is 1. The van der Waals surface area contributed by atoms with Crippen molar-refractivity contribution in [1.82, 2.24) is 45.4 Å². The smallest absolute Gasteiger partial charge is 0.273 e. The van der Waals surface area contributed by atoms with Crippen molar-refractivity contribution < 1.29 is 9.90 Å². The van der Waals surface area contributed by atoms with Crippen LogP contribution in [0, 0.1) is 6.92 Å². The quantitative estimate of drug-likeness (QED) is 0.283. The molecule has 0 unspecified atom stereocenters. The maximum atomic E-state index is 13.2. The Morgan fingerprint density at radius 1 is 1.26 bits per heavy atom. The number of amides is 1. The lowest BCUT2D eigenvalue weighted by molar-refractivity contribution is 0.0926. The number of benzene rings is 1. The highest BCUT2D eigenvalue weighted by molar-refractivity contribution is 5.92. The highest BCUT2D eigenvalue weighted by Gasteiger charge is 2.26. The maximum absolute atomic E-state index is 13.2. The van der Waals surface area contributed by atoms with Gasteiger partial charge in [0.05, 0.1) is 47.7 Å². The number of aliphatic hydroxyl groups is 1. The topological polar surface area (TPSA) is 150 Å². The molecule has 0 radical (unpaired) electrons. The molecule has 0 saturated heterocycles.